The summed E-state index contributed by atoms with van der Waals surface area (Å²) in [5, 5.41) is 0. The summed E-state index contributed by atoms with van der Waals surface area (Å²) in [5.74, 6) is 1.55. The van der Waals surface area contributed by atoms with Gasteiger partial charge in [-0.1, -0.05) is 19.8 Å². The van der Waals surface area contributed by atoms with E-state index in [1.165, 1.54) is 38.5 Å². The summed E-state index contributed by atoms with van der Waals surface area (Å²) in [4.78, 5) is 0. The molecule has 1 heterocycles. The molecule has 1 atom stereocenters. The zero-order valence-corrected chi connectivity index (χ0v) is 16.6. The molecule has 0 bridgehead atoms. The third-order valence-corrected chi connectivity index (χ3v) is 7.14. The minimum Gasteiger partial charge on any atom is -0.490 e. The lowest BCUT2D eigenvalue weighted by Crippen LogP contribution is -2.27. The van der Waals surface area contributed by atoms with Crippen LogP contribution in [0.4, 0.5) is 8.78 Å². The van der Waals surface area contributed by atoms with Gasteiger partial charge in [-0.2, -0.15) is 4.39 Å². The Hall–Kier alpha value is -1.16. The average molecular weight is 379 g/mol. The lowest BCUT2D eigenvalue weighted by Gasteiger charge is -2.37. The minimum atomic E-state index is -0.856. The Morgan fingerprint density at radius 3 is 2.15 bits per heavy atom. The van der Waals surface area contributed by atoms with E-state index in [1.807, 2.05) is 0 Å². The number of aryl methyl sites for hydroxylation is 1. The van der Waals surface area contributed by atoms with Crippen molar-refractivity contribution < 1.29 is 18.3 Å². The molecule has 2 saturated carbocycles. The van der Waals surface area contributed by atoms with Gasteiger partial charge in [0.1, 0.15) is 6.10 Å². The van der Waals surface area contributed by atoms with Gasteiger partial charge >= 0.3 is 0 Å². The molecule has 0 spiro atoms. The molecular formula is C23H32F2O2. The first-order chi connectivity index (χ1) is 13.0. The largest absolute Gasteiger partial charge is 0.490 e. The maximum absolute atomic E-state index is 14.4. The van der Waals surface area contributed by atoms with Crippen LogP contribution in [0.1, 0.15) is 75.5 Å². The number of epoxide rings is 1. The fourth-order valence-electron chi connectivity index (χ4n) is 5.19. The van der Waals surface area contributed by atoms with E-state index in [0.29, 0.717) is 30.3 Å². The SMILES string of the molecule is Cc1cc(C2CO2)c(F)c(F)c1OCC1CCC(C2CCC(C)CC2)CC1. The second kappa shape index (κ2) is 8.06. The van der Waals surface area contributed by atoms with Crippen LogP contribution in [-0.2, 0) is 4.74 Å². The quantitative estimate of drug-likeness (QED) is 0.556. The minimum absolute atomic E-state index is 0.0836. The average Bonchev–Trinajstić information content (AvgIpc) is 3.51. The van der Waals surface area contributed by atoms with E-state index >= 15 is 0 Å². The van der Waals surface area contributed by atoms with Crippen molar-refractivity contribution in [1.29, 1.82) is 0 Å². The Morgan fingerprint density at radius 1 is 0.963 bits per heavy atom. The molecule has 2 nitrogen and oxygen atoms in total. The molecule has 1 saturated heterocycles. The monoisotopic (exact) mass is 378 g/mol. The van der Waals surface area contributed by atoms with Gasteiger partial charge in [0.25, 0.3) is 0 Å². The fourth-order valence-corrected chi connectivity index (χ4v) is 5.19. The highest BCUT2D eigenvalue weighted by molar-refractivity contribution is 5.40. The lowest BCUT2D eigenvalue weighted by atomic mass is 9.69. The summed E-state index contributed by atoms with van der Waals surface area (Å²) in [6, 6.07) is 1.67. The van der Waals surface area contributed by atoms with Crippen molar-refractivity contribution in [3.05, 3.63) is 28.8 Å². The number of halogens is 2. The van der Waals surface area contributed by atoms with Gasteiger partial charge in [0, 0.05) is 5.56 Å². The maximum atomic E-state index is 14.4. The van der Waals surface area contributed by atoms with E-state index in [0.717, 1.165) is 30.6 Å². The predicted molar refractivity (Wildman–Crippen MR) is 102 cm³/mol. The van der Waals surface area contributed by atoms with Crippen LogP contribution in [0.25, 0.3) is 0 Å². The van der Waals surface area contributed by atoms with Crippen molar-refractivity contribution in [3.63, 3.8) is 0 Å². The maximum Gasteiger partial charge on any atom is 0.201 e. The molecule has 3 aliphatic rings. The van der Waals surface area contributed by atoms with Gasteiger partial charge in [-0.25, -0.2) is 4.39 Å². The van der Waals surface area contributed by atoms with E-state index in [2.05, 4.69) is 6.92 Å². The molecule has 3 fully saturated rings. The Morgan fingerprint density at radius 2 is 1.56 bits per heavy atom. The van der Waals surface area contributed by atoms with E-state index in [1.54, 1.807) is 13.0 Å². The molecule has 1 unspecified atom stereocenters. The van der Waals surface area contributed by atoms with Crippen LogP contribution in [0.15, 0.2) is 6.07 Å². The van der Waals surface area contributed by atoms with Gasteiger partial charge < -0.3 is 9.47 Å². The zero-order valence-electron chi connectivity index (χ0n) is 16.6. The summed E-state index contributed by atoms with van der Waals surface area (Å²) < 4.78 is 39.6. The summed E-state index contributed by atoms with van der Waals surface area (Å²) >= 11 is 0. The fraction of sp³-hybridized carbons (Fsp3) is 0.739. The number of hydrogen-bond acceptors (Lipinski definition) is 2. The van der Waals surface area contributed by atoms with Crippen LogP contribution in [-0.4, -0.2) is 13.2 Å². The normalized spacial score (nSPS) is 33.7. The van der Waals surface area contributed by atoms with E-state index in [4.69, 9.17) is 9.47 Å². The van der Waals surface area contributed by atoms with Crippen molar-refractivity contribution in [2.75, 3.05) is 13.2 Å². The zero-order chi connectivity index (χ0) is 19.0. The van der Waals surface area contributed by atoms with Crippen molar-refractivity contribution in [3.8, 4) is 5.75 Å². The van der Waals surface area contributed by atoms with Crippen molar-refractivity contribution in [1.82, 2.24) is 0 Å². The van der Waals surface area contributed by atoms with Crippen molar-refractivity contribution in [2.45, 2.75) is 71.3 Å². The van der Waals surface area contributed by atoms with Gasteiger partial charge in [0.05, 0.1) is 13.2 Å². The van der Waals surface area contributed by atoms with Gasteiger partial charge in [0.2, 0.25) is 5.82 Å². The van der Waals surface area contributed by atoms with E-state index in [-0.39, 0.29) is 11.9 Å². The first-order valence-corrected chi connectivity index (χ1v) is 10.8. The Labute approximate surface area is 161 Å². The predicted octanol–water partition coefficient (Wildman–Crippen LogP) is 6.36. The molecule has 0 amide bonds. The van der Waals surface area contributed by atoms with Gasteiger partial charge in [-0.15, -0.1) is 0 Å². The third kappa shape index (κ3) is 4.31. The highest BCUT2D eigenvalue weighted by Gasteiger charge is 2.33. The number of benzene rings is 1. The Balaban J connectivity index is 1.29. The summed E-state index contributed by atoms with van der Waals surface area (Å²) in [7, 11) is 0. The first-order valence-electron chi connectivity index (χ1n) is 10.8. The van der Waals surface area contributed by atoms with Crippen LogP contribution in [0.5, 0.6) is 5.75 Å². The van der Waals surface area contributed by atoms with Crippen molar-refractivity contribution in [2.24, 2.45) is 23.7 Å². The van der Waals surface area contributed by atoms with Crippen LogP contribution < -0.4 is 4.74 Å². The van der Waals surface area contributed by atoms with Gasteiger partial charge in [-0.3, -0.25) is 0 Å². The standard InChI is InChI=1S/C23H32F2O2/c1-14-3-7-17(8-4-14)18-9-5-16(6-10-18)12-27-23-15(2)11-19(20-13-26-20)21(24)22(23)25/h11,14,16-18,20H,3-10,12-13H2,1-2H3. The third-order valence-electron chi connectivity index (χ3n) is 7.14. The number of rotatable bonds is 5. The molecule has 0 radical (unpaired) electrons. The smallest absolute Gasteiger partial charge is 0.201 e. The molecule has 2 aliphatic carbocycles. The number of hydrogen-bond donors (Lipinski definition) is 0. The molecular weight excluding hydrogens is 346 g/mol. The van der Waals surface area contributed by atoms with Crippen LogP contribution >= 0.6 is 0 Å². The second-order valence-corrected chi connectivity index (χ2v) is 9.17. The topological polar surface area (TPSA) is 21.8 Å². The van der Waals surface area contributed by atoms with E-state index < -0.39 is 11.6 Å². The first kappa shape index (κ1) is 19.2. The highest BCUT2D eigenvalue weighted by atomic mass is 19.2. The molecule has 0 aromatic heterocycles. The molecule has 1 aromatic carbocycles. The summed E-state index contributed by atoms with van der Waals surface area (Å²) in [6.45, 7) is 5.12. The molecule has 1 aliphatic heterocycles. The number of ether oxygens (including phenoxy) is 2. The van der Waals surface area contributed by atoms with Crippen molar-refractivity contribution >= 4 is 0 Å². The molecule has 0 N–H and O–H groups in total. The summed E-state index contributed by atoms with van der Waals surface area (Å²) in [6.07, 6.45) is 10.1. The molecule has 1 aromatic rings. The summed E-state index contributed by atoms with van der Waals surface area (Å²) in [5.41, 5.74) is 0.976. The lowest BCUT2D eigenvalue weighted by molar-refractivity contribution is 0.124. The second-order valence-electron chi connectivity index (χ2n) is 9.17. The Kier molecular flexibility index (Phi) is 5.73. The molecule has 27 heavy (non-hydrogen) atoms. The van der Waals surface area contributed by atoms with Crippen LogP contribution in [0, 0.1) is 42.2 Å². The molecule has 4 heteroatoms. The Bertz CT molecular complexity index is 655. The van der Waals surface area contributed by atoms with E-state index in [9.17, 15) is 8.78 Å². The highest BCUT2D eigenvalue weighted by Crippen LogP contribution is 2.42. The van der Waals surface area contributed by atoms with Crippen LogP contribution in [0.3, 0.4) is 0 Å². The molecule has 150 valence electrons. The van der Waals surface area contributed by atoms with Gasteiger partial charge in [-0.05, 0) is 80.8 Å². The van der Waals surface area contributed by atoms with Crippen LogP contribution in [0.2, 0.25) is 0 Å². The molecule has 4 rings (SSSR count). The van der Waals surface area contributed by atoms with Gasteiger partial charge in [0.15, 0.2) is 11.6 Å².